The number of nitrogens with zero attached hydrogens (tertiary/aromatic N) is 1. The van der Waals surface area contributed by atoms with Crippen molar-refractivity contribution in [3.63, 3.8) is 0 Å². The second-order valence-electron chi connectivity index (χ2n) is 4.85. The Morgan fingerprint density at radius 1 is 1.16 bits per heavy atom. The number of amides is 2. The fraction of sp³-hybridized carbons (Fsp3) is 0.545. The Morgan fingerprint density at radius 3 is 2.05 bits per heavy atom. The predicted molar refractivity (Wildman–Crippen MR) is 51.7 cm³/mol. The first kappa shape index (κ1) is 12.2. The zero-order chi connectivity index (χ0) is 13.9. The van der Waals surface area contributed by atoms with Crippen LogP contribution in [0.5, 0.6) is 0 Å². The minimum Gasteiger partial charge on any atom is -0.322 e. The smallest absolute Gasteiger partial charge is 0.322 e. The summed E-state index contributed by atoms with van der Waals surface area (Å²) in [6.45, 7) is 0. The lowest BCUT2D eigenvalue weighted by atomic mass is 9.85. The van der Waals surface area contributed by atoms with Gasteiger partial charge >= 0.3 is 12.1 Å². The lowest BCUT2D eigenvalue weighted by molar-refractivity contribution is -0.233. The highest BCUT2D eigenvalue weighted by molar-refractivity contribution is 6.06. The number of imide groups is 1. The zero-order valence-electron chi connectivity index (χ0n) is 9.39. The number of fused-ring (bicyclic) bond motifs is 5. The number of hydroxylamine groups is 2. The molecule has 5 nitrogen and oxygen atoms in total. The number of allylic oxidation sites excluding steroid dienone is 2. The van der Waals surface area contributed by atoms with Gasteiger partial charge in [-0.3, -0.25) is 9.59 Å². The highest BCUT2D eigenvalue weighted by Gasteiger charge is 2.61. The van der Waals surface area contributed by atoms with Crippen molar-refractivity contribution in [3.05, 3.63) is 12.2 Å². The van der Waals surface area contributed by atoms with E-state index in [1.165, 1.54) is 0 Å². The molecule has 19 heavy (non-hydrogen) atoms. The first-order chi connectivity index (χ1) is 8.80. The molecule has 8 heteroatoms. The summed E-state index contributed by atoms with van der Waals surface area (Å²) in [4.78, 5) is 38.4. The van der Waals surface area contributed by atoms with Crippen molar-refractivity contribution in [2.45, 2.75) is 12.6 Å². The number of hydrogen-bond donors (Lipinski definition) is 0. The molecule has 3 rings (SSSR count). The molecule has 0 aromatic carbocycles. The van der Waals surface area contributed by atoms with E-state index in [4.69, 9.17) is 0 Å². The summed E-state index contributed by atoms with van der Waals surface area (Å²) in [6.07, 6.45) is -1.03. The van der Waals surface area contributed by atoms with Gasteiger partial charge in [-0.25, -0.2) is 4.79 Å². The van der Waals surface area contributed by atoms with Gasteiger partial charge in [0.05, 0.1) is 11.8 Å². The van der Waals surface area contributed by atoms with Crippen LogP contribution in [-0.4, -0.2) is 29.0 Å². The van der Waals surface area contributed by atoms with Crippen LogP contribution in [0.25, 0.3) is 0 Å². The number of rotatable bonds is 1. The van der Waals surface area contributed by atoms with Crippen LogP contribution in [0.3, 0.4) is 0 Å². The Labute approximate surface area is 104 Å². The molecule has 1 saturated carbocycles. The number of carbonyl (C=O) groups excluding carboxylic acids is 3. The van der Waals surface area contributed by atoms with Gasteiger partial charge in [0.2, 0.25) is 0 Å². The Hall–Kier alpha value is -1.86. The molecular weight excluding hydrogens is 267 g/mol. The van der Waals surface area contributed by atoms with Crippen molar-refractivity contribution in [3.8, 4) is 0 Å². The van der Waals surface area contributed by atoms with Crippen LogP contribution in [0.4, 0.5) is 13.2 Å². The van der Waals surface area contributed by atoms with E-state index < -0.39 is 35.8 Å². The molecule has 0 N–H and O–H groups in total. The van der Waals surface area contributed by atoms with Gasteiger partial charge in [0.15, 0.2) is 0 Å². The van der Waals surface area contributed by atoms with Crippen molar-refractivity contribution in [1.29, 1.82) is 0 Å². The standard InChI is InChI=1S/C11H8F3NO4/c12-11(13,14)10(18)19-15-8(16)6-4-1-2-5(3-4)7(6)9(15)17/h1-2,4-7H,3H2. The van der Waals surface area contributed by atoms with Crippen molar-refractivity contribution < 1.29 is 32.4 Å². The molecule has 0 aromatic heterocycles. The molecule has 3 aliphatic rings. The predicted octanol–water partition coefficient (Wildman–Crippen LogP) is 0.814. The maximum absolute atomic E-state index is 12.1. The molecule has 1 aliphatic heterocycles. The number of alkyl halides is 3. The summed E-state index contributed by atoms with van der Waals surface area (Å²) in [5, 5.41) is -0.0166. The van der Waals surface area contributed by atoms with E-state index in [0.29, 0.717) is 6.42 Å². The van der Waals surface area contributed by atoms with E-state index in [2.05, 4.69) is 4.84 Å². The Morgan fingerprint density at radius 2 is 1.63 bits per heavy atom. The Balaban J connectivity index is 1.81. The average molecular weight is 275 g/mol. The largest absolute Gasteiger partial charge is 0.493 e. The van der Waals surface area contributed by atoms with Gasteiger partial charge < -0.3 is 4.84 Å². The Bertz CT molecular complexity index is 483. The number of halogens is 3. The van der Waals surface area contributed by atoms with Gasteiger partial charge in [0.25, 0.3) is 11.8 Å². The van der Waals surface area contributed by atoms with Crippen molar-refractivity contribution in [2.24, 2.45) is 23.7 Å². The quantitative estimate of drug-likeness (QED) is 0.525. The number of hydrogen-bond acceptors (Lipinski definition) is 4. The van der Waals surface area contributed by atoms with E-state index in [0.717, 1.165) is 0 Å². The lowest BCUT2D eigenvalue weighted by Gasteiger charge is -2.16. The van der Waals surface area contributed by atoms with Gasteiger partial charge in [0, 0.05) is 0 Å². The fourth-order valence-electron chi connectivity index (χ4n) is 3.10. The molecule has 1 saturated heterocycles. The third-order valence-electron chi connectivity index (χ3n) is 3.84. The average Bonchev–Trinajstić information content (AvgIpc) is 2.97. The van der Waals surface area contributed by atoms with Gasteiger partial charge in [-0.05, 0) is 18.3 Å². The molecule has 2 bridgehead atoms. The highest BCUT2D eigenvalue weighted by Crippen LogP contribution is 2.52. The van der Waals surface area contributed by atoms with E-state index >= 15 is 0 Å². The van der Waals surface area contributed by atoms with E-state index in [-0.39, 0.29) is 16.9 Å². The van der Waals surface area contributed by atoms with Crippen LogP contribution >= 0.6 is 0 Å². The van der Waals surface area contributed by atoms with Crippen LogP contribution in [0.2, 0.25) is 0 Å². The summed E-state index contributed by atoms with van der Waals surface area (Å²) < 4.78 is 36.2. The summed E-state index contributed by atoms with van der Waals surface area (Å²) in [5.74, 6) is -5.96. The van der Waals surface area contributed by atoms with Gasteiger partial charge in [0.1, 0.15) is 0 Å². The van der Waals surface area contributed by atoms with E-state index in [1.807, 2.05) is 0 Å². The van der Waals surface area contributed by atoms with Crippen LogP contribution in [0, 0.1) is 23.7 Å². The number of carbonyl (C=O) groups is 3. The molecule has 2 aliphatic carbocycles. The van der Waals surface area contributed by atoms with Crippen molar-refractivity contribution in [1.82, 2.24) is 5.06 Å². The first-order valence-electron chi connectivity index (χ1n) is 5.66. The lowest BCUT2D eigenvalue weighted by Crippen LogP contribution is -2.39. The summed E-state index contributed by atoms with van der Waals surface area (Å²) >= 11 is 0. The molecule has 0 spiro atoms. The zero-order valence-corrected chi connectivity index (χ0v) is 9.39. The van der Waals surface area contributed by atoms with Crippen LogP contribution in [-0.2, 0) is 19.2 Å². The van der Waals surface area contributed by atoms with Crippen LogP contribution in [0.1, 0.15) is 6.42 Å². The van der Waals surface area contributed by atoms with E-state index in [1.54, 1.807) is 12.2 Å². The second-order valence-corrected chi connectivity index (χ2v) is 4.85. The molecule has 4 unspecified atom stereocenters. The first-order valence-corrected chi connectivity index (χ1v) is 5.66. The monoisotopic (exact) mass is 275 g/mol. The molecule has 102 valence electrons. The molecule has 4 atom stereocenters. The Kier molecular flexibility index (Phi) is 2.30. The normalized spacial score (nSPS) is 36.1. The fourth-order valence-corrected chi connectivity index (χ4v) is 3.10. The minimum atomic E-state index is -5.24. The molecule has 0 aromatic rings. The third-order valence-corrected chi connectivity index (χ3v) is 3.84. The maximum Gasteiger partial charge on any atom is 0.493 e. The molecule has 1 heterocycles. The maximum atomic E-state index is 12.1. The van der Waals surface area contributed by atoms with Crippen molar-refractivity contribution >= 4 is 17.8 Å². The SMILES string of the molecule is O=C1C2C3C=CC(C3)C2C(=O)N1OC(=O)C(F)(F)F. The van der Waals surface area contributed by atoms with E-state index in [9.17, 15) is 27.6 Å². The summed E-state index contributed by atoms with van der Waals surface area (Å²) in [7, 11) is 0. The van der Waals surface area contributed by atoms with Crippen LogP contribution < -0.4 is 0 Å². The van der Waals surface area contributed by atoms with Crippen LogP contribution in [0.15, 0.2) is 12.2 Å². The summed E-state index contributed by atoms with van der Waals surface area (Å²) in [5.41, 5.74) is 0. The topological polar surface area (TPSA) is 63.7 Å². The molecule has 2 fully saturated rings. The second kappa shape index (κ2) is 3.58. The highest BCUT2D eigenvalue weighted by atomic mass is 19.4. The third kappa shape index (κ3) is 1.58. The molecule has 2 amide bonds. The molecule has 0 radical (unpaired) electrons. The van der Waals surface area contributed by atoms with Gasteiger partial charge in [-0.1, -0.05) is 12.2 Å². The van der Waals surface area contributed by atoms with Gasteiger partial charge in [-0.2, -0.15) is 13.2 Å². The van der Waals surface area contributed by atoms with Crippen molar-refractivity contribution in [2.75, 3.05) is 0 Å². The molecular formula is C11H8F3NO4. The van der Waals surface area contributed by atoms with Gasteiger partial charge in [-0.15, -0.1) is 5.06 Å². The summed E-state index contributed by atoms with van der Waals surface area (Å²) in [6, 6.07) is 0. The minimum absolute atomic E-state index is 0.0166.